The Kier molecular flexibility index (Phi) is 7.29. The zero-order valence-electron chi connectivity index (χ0n) is 14.5. The number of hydrogen-bond acceptors (Lipinski definition) is 5. The van der Waals surface area contributed by atoms with Crippen molar-refractivity contribution in [2.45, 2.75) is 37.8 Å². The minimum Gasteiger partial charge on any atom is -0.459 e. The second-order valence-electron chi connectivity index (χ2n) is 6.07. The molecule has 0 bridgehead atoms. The molecule has 0 atom stereocenters. The van der Waals surface area contributed by atoms with Gasteiger partial charge in [-0.15, -0.1) is 0 Å². The maximum atomic E-state index is 11.3. The van der Waals surface area contributed by atoms with E-state index in [4.69, 9.17) is 15.0 Å². The van der Waals surface area contributed by atoms with E-state index < -0.39 is 15.7 Å². The highest BCUT2D eigenvalue weighted by atomic mass is 32.2. The topological polar surface area (TPSA) is 107 Å². The third kappa shape index (κ3) is 7.93. The number of aryl methyl sites for hydroxylation is 1. The van der Waals surface area contributed by atoms with Crippen LogP contribution in [0.4, 0.5) is 0 Å². The predicted molar refractivity (Wildman–Crippen MR) is 95.5 cm³/mol. The molecular weight excluding hydrogens is 342 g/mol. The zero-order valence-corrected chi connectivity index (χ0v) is 15.3. The second kappa shape index (κ2) is 8.75. The number of carbonyl (C=O) groups excluding carboxylic acids is 1. The maximum absolute atomic E-state index is 11.3. The minimum atomic E-state index is -4.02. The number of carbonyl (C=O) groups is 1. The van der Waals surface area contributed by atoms with Gasteiger partial charge in [-0.05, 0) is 38.5 Å². The van der Waals surface area contributed by atoms with Crippen molar-refractivity contribution in [2.75, 3.05) is 0 Å². The molecule has 3 N–H and O–H groups in total. The van der Waals surface area contributed by atoms with Gasteiger partial charge in [-0.25, -0.2) is 0 Å². The second-order valence-corrected chi connectivity index (χ2v) is 7.49. The van der Waals surface area contributed by atoms with Gasteiger partial charge in [0.05, 0.1) is 4.90 Å². The Bertz CT molecular complexity index is 778. The molecule has 0 unspecified atom stereocenters. The molecule has 2 aromatic rings. The Morgan fingerprint density at radius 1 is 1.08 bits per heavy atom. The number of nitrogens with two attached hydrogens (primary N) is 1. The number of esters is 1. The average molecular weight is 365 g/mol. The summed E-state index contributed by atoms with van der Waals surface area (Å²) in [5.74, 6) is -0.388. The van der Waals surface area contributed by atoms with Crippen LogP contribution in [0.1, 0.15) is 25.0 Å². The molecule has 6 nitrogen and oxygen atoms in total. The van der Waals surface area contributed by atoms with Crippen molar-refractivity contribution in [2.24, 2.45) is 5.73 Å². The van der Waals surface area contributed by atoms with Gasteiger partial charge in [-0.1, -0.05) is 48.0 Å². The predicted octanol–water partition coefficient (Wildman–Crippen LogP) is 2.71. The van der Waals surface area contributed by atoms with Crippen molar-refractivity contribution < 1.29 is 22.5 Å². The first-order chi connectivity index (χ1) is 11.5. The number of benzene rings is 2. The van der Waals surface area contributed by atoms with Crippen molar-refractivity contribution >= 4 is 16.1 Å². The number of rotatable bonds is 4. The van der Waals surface area contributed by atoms with Crippen molar-refractivity contribution in [1.82, 2.24) is 0 Å². The molecule has 0 aromatic heterocycles. The summed E-state index contributed by atoms with van der Waals surface area (Å²) in [4.78, 5) is 11.2. The fourth-order valence-corrected chi connectivity index (χ4v) is 2.10. The highest BCUT2D eigenvalue weighted by molar-refractivity contribution is 7.85. The summed E-state index contributed by atoms with van der Waals surface area (Å²) in [7, 11) is -4.02. The van der Waals surface area contributed by atoms with Crippen LogP contribution in [0.2, 0.25) is 0 Å². The summed E-state index contributed by atoms with van der Waals surface area (Å²) >= 11 is 0. The lowest BCUT2D eigenvalue weighted by atomic mass is 10.1. The van der Waals surface area contributed by atoms with Crippen molar-refractivity contribution in [3.8, 4) is 0 Å². The fourth-order valence-electron chi connectivity index (χ4n) is 1.62. The molecule has 0 aliphatic heterocycles. The van der Waals surface area contributed by atoms with E-state index in [0.717, 1.165) is 11.1 Å². The maximum Gasteiger partial charge on any atom is 0.325 e. The van der Waals surface area contributed by atoms with Crippen molar-refractivity contribution in [1.29, 1.82) is 0 Å². The molecule has 7 heteroatoms. The molecule has 0 amide bonds. The summed E-state index contributed by atoms with van der Waals surface area (Å²) < 4.78 is 34.6. The van der Waals surface area contributed by atoms with Gasteiger partial charge >= 0.3 is 5.97 Å². The monoisotopic (exact) mass is 365 g/mol. The molecule has 2 rings (SSSR count). The largest absolute Gasteiger partial charge is 0.459 e. The van der Waals surface area contributed by atoms with Crippen LogP contribution in [0, 0.1) is 6.92 Å². The molecule has 0 saturated carbocycles. The Balaban J connectivity index is 0.000000257. The van der Waals surface area contributed by atoms with Gasteiger partial charge < -0.3 is 10.5 Å². The van der Waals surface area contributed by atoms with Crippen LogP contribution in [0.25, 0.3) is 0 Å². The van der Waals surface area contributed by atoms with E-state index in [1.807, 2.05) is 37.3 Å². The standard InChI is InChI=1S/C11H15NO2.C7H8O3S/c1-11(2,12)10(13)14-8-9-6-4-3-5-7-9;1-6-2-4-7(5-3-6)11(8,9)10/h3-7H,8,12H2,1-2H3;2-5H,1H3,(H,8,9,10). The highest BCUT2D eigenvalue weighted by Crippen LogP contribution is 2.08. The summed E-state index contributed by atoms with van der Waals surface area (Å²) in [6.07, 6.45) is 0. The van der Waals surface area contributed by atoms with Crippen LogP contribution in [0.15, 0.2) is 59.5 Å². The van der Waals surface area contributed by atoms with Gasteiger partial charge in [0.1, 0.15) is 12.1 Å². The quantitative estimate of drug-likeness (QED) is 0.637. The van der Waals surface area contributed by atoms with E-state index in [1.54, 1.807) is 26.0 Å². The van der Waals surface area contributed by atoms with Gasteiger partial charge in [-0.3, -0.25) is 9.35 Å². The SMILES string of the molecule is CC(C)(N)C(=O)OCc1ccccc1.Cc1ccc(S(=O)(=O)O)cc1. The first kappa shape index (κ1) is 20.8. The molecule has 0 radical (unpaired) electrons. The molecule has 0 saturated heterocycles. The molecule has 0 fully saturated rings. The Labute approximate surface area is 148 Å². The van der Waals surface area contributed by atoms with E-state index in [9.17, 15) is 13.2 Å². The molecule has 0 spiro atoms. The molecule has 136 valence electrons. The van der Waals surface area contributed by atoms with E-state index in [2.05, 4.69) is 0 Å². The molecule has 0 aliphatic carbocycles. The third-order valence-electron chi connectivity index (χ3n) is 3.06. The van der Waals surface area contributed by atoms with Gasteiger partial charge in [0.2, 0.25) is 0 Å². The fraction of sp³-hybridized carbons (Fsp3) is 0.278. The zero-order chi connectivity index (χ0) is 19.1. The lowest BCUT2D eigenvalue weighted by molar-refractivity contribution is -0.150. The lowest BCUT2D eigenvalue weighted by Gasteiger charge is -2.16. The first-order valence-electron chi connectivity index (χ1n) is 7.54. The van der Waals surface area contributed by atoms with E-state index in [0.29, 0.717) is 0 Å². The smallest absolute Gasteiger partial charge is 0.325 e. The van der Waals surface area contributed by atoms with Gasteiger partial charge in [0.25, 0.3) is 10.1 Å². The highest BCUT2D eigenvalue weighted by Gasteiger charge is 2.23. The van der Waals surface area contributed by atoms with Crippen LogP contribution in [-0.4, -0.2) is 24.5 Å². The summed E-state index contributed by atoms with van der Waals surface area (Å²) in [6.45, 7) is 5.37. The van der Waals surface area contributed by atoms with Crippen molar-refractivity contribution in [3.05, 3.63) is 65.7 Å². The minimum absolute atomic E-state index is 0.0666. The summed E-state index contributed by atoms with van der Waals surface area (Å²) in [6, 6.07) is 15.5. The van der Waals surface area contributed by atoms with Crippen LogP contribution in [-0.2, 0) is 26.3 Å². The third-order valence-corrected chi connectivity index (χ3v) is 3.93. The molecule has 0 aliphatic rings. The van der Waals surface area contributed by atoms with Gasteiger partial charge in [0.15, 0.2) is 0 Å². The van der Waals surface area contributed by atoms with Crippen LogP contribution in [0.5, 0.6) is 0 Å². The van der Waals surface area contributed by atoms with Crippen LogP contribution >= 0.6 is 0 Å². The Morgan fingerprint density at radius 2 is 1.60 bits per heavy atom. The normalized spacial score (nSPS) is 11.2. The van der Waals surface area contributed by atoms with Gasteiger partial charge in [0, 0.05) is 0 Å². The molecular formula is C18H23NO5S. The van der Waals surface area contributed by atoms with Crippen LogP contribution < -0.4 is 5.73 Å². The summed E-state index contributed by atoms with van der Waals surface area (Å²) in [5.41, 5.74) is 6.57. The Morgan fingerprint density at radius 3 is 2.04 bits per heavy atom. The number of hydrogen-bond donors (Lipinski definition) is 2. The van der Waals surface area contributed by atoms with E-state index >= 15 is 0 Å². The van der Waals surface area contributed by atoms with Crippen molar-refractivity contribution in [3.63, 3.8) is 0 Å². The summed E-state index contributed by atoms with van der Waals surface area (Å²) in [5, 5.41) is 0. The number of ether oxygens (including phenoxy) is 1. The van der Waals surface area contributed by atoms with E-state index in [1.165, 1.54) is 12.1 Å². The molecule has 25 heavy (non-hydrogen) atoms. The van der Waals surface area contributed by atoms with Crippen LogP contribution in [0.3, 0.4) is 0 Å². The molecule has 0 heterocycles. The first-order valence-corrected chi connectivity index (χ1v) is 8.98. The molecule has 2 aromatic carbocycles. The Hall–Kier alpha value is -2.22. The lowest BCUT2D eigenvalue weighted by Crippen LogP contribution is -2.42. The van der Waals surface area contributed by atoms with Gasteiger partial charge in [-0.2, -0.15) is 8.42 Å². The van der Waals surface area contributed by atoms with E-state index in [-0.39, 0.29) is 17.5 Å². The average Bonchev–Trinajstić information content (AvgIpc) is 2.53.